The third-order valence-electron chi connectivity index (χ3n) is 3.76. The summed E-state index contributed by atoms with van der Waals surface area (Å²) in [7, 11) is 0. The summed E-state index contributed by atoms with van der Waals surface area (Å²) in [6.45, 7) is 2.03. The van der Waals surface area contributed by atoms with Crippen molar-refractivity contribution in [2.24, 2.45) is 4.99 Å². The average molecular weight is 390 g/mol. The van der Waals surface area contributed by atoms with Crippen molar-refractivity contribution in [1.29, 1.82) is 0 Å². The van der Waals surface area contributed by atoms with Crippen molar-refractivity contribution in [2.75, 3.05) is 6.61 Å². The van der Waals surface area contributed by atoms with Gasteiger partial charge >= 0.3 is 11.7 Å². The second-order valence-electron chi connectivity index (χ2n) is 5.63. The zero-order chi connectivity index (χ0) is 20.5. The summed E-state index contributed by atoms with van der Waals surface area (Å²) in [5.74, 6) is -8.08. The number of nitro benzene ring substituents is 1. The van der Waals surface area contributed by atoms with Crippen LogP contribution in [0.2, 0.25) is 0 Å². The number of alkyl halides is 1. The summed E-state index contributed by atoms with van der Waals surface area (Å²) in [5.41, 5.74) is -4.83. The third-order valence-corrected chi connectivity index (χ3v) is 3.76. The molecule has 0 heterocycles. The van der Waals surface area contributed by atoms with E-state index in [4.69, 9.17) is 0 Å². The van der Waals surface area contributed by atoms with Gasteiger partial charge in [0.15, 0.2) is 5.82 Å². The van der Waals surface area contributed by atoms with E-state index in [0.717, 1.165) is 6.92 Å². The Morgan fingerprint density at radius 3 is 2.44 bits per heavy atom. The summed E-state index contributed by atoms with van der Waals surface area (Å²) in [4.78, 5) is 25.3. The molecule has 1 saturated carbocycles. The number of aliphatic hydroxyl groups excluding tert-OH is 1. The van der Waals surface area contributed by atoms with Crippen LogP contribution in [0, 0.1) is 34.5 Å². The Balaban J connectivity index is 2.75. The molecule has 0 aromatic heterocycles. The number of aliphatic hydroxyl groups is 1. The molecule has 7 nitrogen and oxygen atoms in total. The van der Waals surface area contributed by atoms with Crippen LogP contribution in [0.1, 0.15) is 24.5 Å². The van der Waals surface area contributed by atoms with Crippen molar-refractivity contribution < 1.29 is 37.1 Å². The predicted octanol–water partition coefficient (Wildman–Crippen LogP) is 3.33. The van der Waals surface area contributed by atoms with E-state index < -0.39 is 68.7 Å². The van der Waals surface area contributed by atoms with E-state index in [1.54, 1.807) is 0 Å². The van der Waals surface area contributed by atoms with Crippen molar-refractivity contribution in [1.82, 2.24) is 0 Å². The van der Waals surface area contributed by atoms with E-state index in [2.05, 4.69) is 9.73 Å². The molecule has 0 amide bonds. The number of ether oxygens (including phenoxy) is 1. The SMILES string of the molecule is CCOC(=O)/C(C=N[C@@H]1C[C@@H]1F)=C(/O)c1c(F)c(C)c(F)c(F)c1[N+](=O)[O-]. The molecule has 146 valence electrons. The van der Waals surface area contributed by atoms with Crippen LogP contribution in [0.15, 0.2) is 10.6 Å². The van der Waals surface area contributed by atoms with E-state index in [9.17, 15) is 37.6 Å². The van der Waals surface area contributed by atoms with Crippen LogP contribution >= 0.6 is 0 Å². The molecule has 1 fully saturated rings. The van der Waals surface area contributed by atoms with Crippen LogP contribution in [0.5, 0.6) is 0 Å². The number of hydrogen-bond acceptors (Lipinski definition) is 6. The maximum atomic E-state index is 14.4. The predicted molar refractivity (Wildman–Crippen MR) is 85.7 cm³/mol. The highest BCUT2D eigenvalue weighted by atomic mass is 19.2. The average Bonchev–Trinajstić information content (AvgIpc) is 3.31. The molecule has 27 heavy (non-hydrogen) atoms. The zero-order valence-corrected chi connectivity index (χ0v) is 14.1. The van der Waals surface area contributed by atoms with Crippen LogP contribution < -0.4 is 0 Å². The molecule has 0 spiro atoms. The van der Waals surface area contributed by atoms with Gasteiger partial charge in [0, 0.05) is 18.2 Å². The van der Waals surface area contributed by atoms with Crippen molar-refractivity contribution in [2.45, 2.75) is 32.5 Å². The molecular weight excluding hydrogens is 376 g/mol. The molecule has 0 aliphatic heterocycles. The molecule has 1 aromatic rings. The highest BCUT2D eigenvalue weighted by Crippen LogP contribution is 2.36. The molecule has 11 heteroatoms. The second-order valence-corrected chi connectivity index (χ2v) is 5.63. The van der Waals surface area contributed by atoms with Gasteiger partial charge in [-0.3, -0.25) is 15.1 Å². The van der Waals surface area contributed by atoms with Crippen LogP contribution in [0.4, 0.5) is 23.2 Å². The van der Waals surface area contributed by atoms with Crippen LogP contribution in [-0.2, 0) is 9.53 Å². The molecule has 1 N–H and O–H groups in total. The number of esters is 1. The van der Waals surface area contributed by atoms with Gasteiger partial charge in [-0.1, -0.05) is 0 Å². The monoisotopic (exact) mass is 390 g/mol. The molecule has 1 aliphatic rings. The fraction of sp³-hybridized carbons (Fsp3) is 0.375. The molecule has 1 aliphatic carbocycles. The minimum absolute atomic E-state index is 0.0617. The number of nitro groups is 1. The lowest BCUT2D eigenvalue weighted by atomic mass is 10.0. The second kappa shape index (κ2) is 7.72. The maximum absolute atomic E-state index is 14.4. The van der Waals surface area contributed by atoms with Gasteiger partial charge in [-0.2, -0.15) is 4.39 Å². The first-order chi connectivity index (χ1) is 12.6. The van der Waals surface area contributed by atoms with Gasteiger partial charge in [0.05, 0.1) is 17.6 Å². The molecule has 2 atom stereocenters. The summed E-state index contributed by atoms with van der Waals surface area (Å²) in [5, 5.41) is 21.4. The number of halogens is 4. The van der Waals surface area contributed by atoms with E-state index in [-0.39, 0.29) is 13.0 Å². The number of carbonyl (C=O) groups is 1. The quantitative estimate of drug-likeness (QED) is 0.117. The van der Waals surface area contributed by atoms with Crippen molar-refractivity contribution >= 4 is 23.6 Å². The maximum Gasteiger partial charge on any atom is 0.343 e. The number of nitrogens with zero attached hydrogens (tertiary/aromatic N) is 2. The first-order valence-electron chi connectivity index (χ1n) is 7.71. The Kier molecular flexibility index (Phi) is 5.82. The Morgan fingerprint density at radius 2 is 1.96 bits per heavy atom. The highest BCUT2D eigenvalue weighted by molar-refractivity contribution is 6.15. The van der Waals surface area contributed by atoms with Crippen LogP contribution in [0.25, 0.3) is 5.76 Å². The molecule has 2 rings (SSSR count). The van der Waals surface area contributed by atoms with Gasteiger partial charge in [-0.25, -0.2) is 18.0 Å². The fourth-order valence-electron chi connectivity index (χ4n) is 2.18. The summed E-state index contributed by atoms with van der Waals surface area (Å²) < 4.78 is 59.7. The minimum Gasteiger partial charge on any atom is -0.506 e. The smallest absolute Gasteiger partial charge is 0.343 e. The summed E-state index contributed by atoms with van der Waals surface area (Å²) in [6.07, 6.45) is -0.535. The topological polar surface area (TPSA) is 102 Å². The van der Waals surface area contributed by atoms with E-state index in [1.165, 1.54) is 6.92 Å². The Morgan fingerprint density at radius 1 is 1.37 bits per heavy atom. The lowest BCUT2D eigenvalue weighted by molar-refractivity contribution is -0.388. The van der Waals surface area contributed by atoms with E-state index in [1.807, 2.05) is 0 Å². The first kappa shape index (κ1) is 20.3. The first-order valence-corrected chi connectivity index (χ1v) is 7.71. The van der Waals surface area contributed by atoms with E-state index in [0.29, 0.717) is 6.21 Å². The third kappa shape index (κ3) is 3.91. The van der Waals surface area contributed by atoms with Crippen molar-refractivity contribution in [3.8, 4) is 0 Å². The Hall–Kier alpha value is -2.98. The number of aliphatic imine (C=N–C) groups is 1. The van der Waals surface area contributed by atoms with Crippen molar-refractivity contribution in [3.63, 3.8) is 0 Å². The molecular formula is C16H14F4N2O5. The lowest BCUT2D eigenvalue weighted by Gasteiger charge is -2.11. The fourth-order valence-corrected chi connectivity index (χ4v) is 2.18. The Bertz CT molecular complexity index is 869. The van der Waals surface area contributed by atoms with Gasteiger partial charge in [0.2, 0.25) is 5.82 Å². The number of hydrogen-bond donors (Lipinski definition) is 1. The number of rotatable bonds is 6. The van der Waals surface area contributed by atoms with E-state index >= 15 is 0 Å². The normalized spacial score (nSPS) is 19.8. The number of carbonyl (C=O) groups excluding carboxylic acids is 1. The molecule has 0 saturated heterocycles. The van der Waals surface area contributed by atoms with Crippen molar-refractivity contribution in [3.05, 3.63) is 44.3 Å². The molecule has 0 radical (unpaired) electrons. The molecule has 0 unspecified atom stereocenters. The van der Waals surface area contributed by atoms with Gasteiger partial charge in [-0.15, -0.1) is 0 Å². The minimum atomic E-state index is -2.01. The van der Waals surface area contributed by atoms with Gasteiger partial charge < -0.3 is 9.84 Å². The Labute approximate surface area is 150 Å². The van der Waals surface area contributed by atoms with Gasteiger partial charge in [-0.05, 0) is 13.8 Å². The van der Waals surface area contributed by atoms with Crippen LogP contribution in [-0.4, -0.2) is 41.0 Å². The summed E-state index contributed by atoms with van der Waals surface area (Å²) in [6, 6.07) is -0.797. The number of benzene rings is 1. The van der Waals surface area contributed by atoms with Gasteiger partial charge in [0.25, 0.3) is 0 Å². The zero-order valence-electron chi connectivity index (χ0n) is 14.1. The lowest BCUT2D eigenvalue weighted by Crippen LogP contribution is -2.14. The largest absolute Gasteiger partial charge is 0.506 e. The standard InChI is InChI=1S/C16H14F4N2O5/c1-3-27-16(24)7(5-21-9-4-8(9)17)15(23)10-11(18)6(2)12(19)13(20)14(10)22(25)26/h5,8-9,23H,3-4H2,1-2H3/b15-7+,21-5?/t8-,9+/m0/s1. The highest BCUT2D eigenvalue weighted by Gasteiger charge is 2.38. The summed E-state index contributed by atoms with van der Waals surface area (Å²) >= 11 is 0. The van der Waals surface area contributed by atoms with Gasteiger partial charge in [0.1, 0.15) is 28.9 Å². The van der Waals surface area contributed by atoms with Crippen LogP contribution in [0.3, 0.4) is 0 Å². The molecule has 1 aromatic carbocycles. The molecule has 0 bridgehead atoms.